The molecule has 0 heterocycles. The van der Waals surface area contributed by atoms with E-state index in [9.17, 15) is 13.2 Å². The molecule has 8 heteroatoms. The van der Waals surface area contributed by atoms with E-state index in [-0.39, 0.29) is 16.8 Å². The molecule has 2 aromatic rings. The fraction of sp³-hybridized carbons (Fsp3) is 0.286. The van der Waals surface area contributed by atoms with Gasteiger partial charge < -0.3 is 9.47 Å². The Morgan fingerprint density at radius 3 is 2.28 bits per heavy atom. The molecule has 0 saturated heterocycles. The van der Waals surface area contributed by atoms with Crippen LogP contribution in [0.5, 0.6) is 11.5 Å². The van der Waals surface area contributed by atoms with Crippen molar-refractivity contribution in [1.29, 1.82) is 0 Å². The number of benzene rings is 2. The van der Waals surface area contributed by atoms with Crippen LogP contribution >= 0.6 is 11.6 Å². The van der Waals surface area contributed by atoms with Gasteiger partial charge >= 0.3 is 0 Å². The topological polar surface area (TPSA) is 72.9 Å². The second kappa shape index (κ2) is 9.43. The van der Waals surface area contributed by atoms with Crippen LogP contribution in [0.2, 0.25) is 5.02 Å². The first-order valence-electron chi connectivity index (χ1n) is 8.85. The maximum Gasteiger partial charge on any atom is 0.242 e. The van der Waals surface area contributed by atoms with Crippen molar-refractivity contribution in [2.75, 3.05) is 21.2 Å². The SMILES string of the molecule is COc1cc(/C=C/C(=O)c2ccc(S(=O)(=O)N(C)C)cc2)cc(Cl)c1OC(C)C. The number of allylic oxidation sites excluding steroid dienone is 1. The molecule has 0 amide bonds. The molecular formula is C21H24ClNO5S. The zero-order valence-corrected chi connectivity index (χ0v) is 18.5. The van der Waals surface area contributed by atoms with Gasteiger partial charge in [0.15, 0.2) is 17.3 Å². The molecule has 0 radical (unpaired) electrons. The molecule has 2 rings (SSSR count). The largest absolute Gasteiger partial charge is 0.493 e. The third-order valence-electron chi connectivity index (χ3n) is 3.95. The van der Waals surface area contributed by atoms with Crippen molar-refractivity contribution in [3.05, 3.63) is 58.6 Å². The van der Waals surface area contributed by atoms with Crippen molar-refractivity contribution >= 4 is 33.5 Å². The van der Waals surface area contributed by atoms with Crippen molar-refractivity contribution in [1.82, 2.24) is 4.31 Å². The lowest BCUT2D eigenvalue weighted by Crippen LogP contribution is -2.22. The number of hydrogen-bond donors (Lipinski definition) is 0. The van der Waals surface area contributed by atoms with Crippen LogP contribution in [0, 0.1) is 0 Å². The molecule has 29 heavy (non-hydrogen) atoms. The van der Waals surface area contributed by atoms with E-state index in [1.807, 2.05) is 13.8 Å². The Balaban J connectivity index is 2.24. The summed E-state index contributed by atoms with van der Waals surface area (Å²) in [6.45, 7) is 3.77. The van der Waals surface area contributed by atoms with E-state index < -0.39 is 10.0 Å². The predicted octanol–water partition coefficient (Wildman–Crippen LogP) is 4.28. The van der Waals surface area contributed by atoms with Crippen LogP contribution in [0.3, 0.4) is 0 Å². The van der Waals surface area contributed by atoms with Gasteiger partial charge in [-0.05, 0) is 61.9 Å². The maximum atomic E-state index is 12.4. The summed E-state index contributed by atoms with van der Waals surface area (Å²) < 4.78 is 36.3. The van der Waals surface area contributed by atoms with Crippen molar-refractivity contribution in [3.63, 3.8) is 0 Å². The predicted molar refractivity (Wildman–Crippen MR) is 114 cm³/mol. The minimum atomic E-state index is -3.54. The van der Waals surface area contributed by atoms with Gasteiger partial charge in [0.05, 0.1) is 23.1 Å². The summed E-state index contributed by atoms with van der Waals surface area (Å²) in [4.78, 5) is 12.6. The molecule has 0 aliphatic carbocycles. The molecule has 0 bridgehead atoms. The van der Waals surface area contributed by atoms with Crippen molar-refractivity contribution in [2.45, 2.75) is 24.8 Å². The highest BCUT2D eigenvalue weighted by Crippen LogP contribution is 2.37. The molecule has 0 saturated carbocycles. The Hall–Kier alpha value is -2.35. The van der Waals surface area contributed by atoms with Crippen LogP contribution in [0.15, 0.2) is 47.4 Å². The Morgan fingerprint density at radius 1 is 1.14 bits per heavy atom. The minimum absolute atomic E-state index is 0.0661. The monoisotopic (exact) mass is 437 g/mol. The van der Waals surface area contributed by atoms with Gasteiger partial charge in [0.1, 0.15) is 0 Å². The highest BCUT2D eigenvalue weighted by molar-refractivity contribution is 7.89. The number of carbonyl (C=O) groups excluding carboxylic acids is 1. The summed E-state index contributed by atoms with van der Waals surface area (Å²) in [5.74, 6) is 0.651. The molecule has 0 unspecified atom stereocenters. The normalized spacial score (nSPS) is 12.0. The van der Waals surface area contributed by atoms with Gasteiger partial charge in [0, 0.05) is 19.7 Å². The number of rotatable bonds is 8. The Labute approximate surface area is 176 Å². The number of nitrogens with zero attached hydrogens (tertiary/aromatic N) is 1. The molecule has 2 aromatic carbocycles. The number of ketones is 1. The second-order valence-electron chi connectivity index (χ2n) is 6.71. The van der Waals surface area contributed by atoms with Gasteiger partial charge in [-0.1, -0.05) is 17.7 Å². The lowest BCUT2D eigenvalue weighted by molar-refractivity contribution is 0.104. The summed E-state index contributed by atoms with van der Waals surface area (Å²) in [6.07, 6.45) is 2.94. The molecule has 0 N–H and O–H groups in total. The molecule has 0 aliphatic heterocycles. The van der Waals surface area contributed by atoms with Crippen LogP contribution in [0.1, 0.15) is 29.8 Å². The van der Waals surface area contributed by atoms with E-state index in [1.165, 1.54) is 51.5 Å². The number of carbonyl (C=O) groups is 1. The third kappa shape index (κ3) is 5.59. The molecule has 0 atom stereocenters. The Kier molecular flexibility index (Phi) is 7.46. The van der Waals surface area contributed by atoms with Crippen LogP contribution in [0.4, 0.5) is 0 Å². The average molecular weight is 438 g/mol. The molecule has 0 aliphatic rings. The Morgan fingerprint density at radius 2 is 1.76 bits per heavy atom. The third-order valence-corrected chi connectivity index (χ3v) is 6.06. The van der Waals surface area contributed by atoms with Crippen molar-refractivity contribution in [3.8, 4) is 11.5 Å². The standard InChI is InChI=1S/C21H24ClNO5S/c1-14(2)28-21-18(22)12-15(13-20(21)27-5)6-11-19(24)16-7-9-17(10-8-16)29(25,26)23(3)4/h6-14H,1-5H3/b11-6+. The number of hydrogen-bond acceptors (Lipinski definition) is 5. The van der Waals surface area contributed by atoms with E-state index in [0.717, 1.165) is 4.31 Å². The van der Waals surface area contributed by atoms with Gasteiger partial charge in [-0.25, -0.2) is 12.7 Å². The van der Waals surface area contributed by atoms with Gasteiger partial charge in [0.25, 0.3) is 0 Å². The highest BCUT2D eigenvalue weighted by Gasteiger charge is 2.17. The molecule has 6 nitrogen and oxygen atoms in total. The summed E-state index contributed by atoms with van der Waals surface area (Å²) >= 11 is 6.29. The molecule has 0 aromatic heterocycles. The van der Waals surface area contributed by atoms with Gasteiger partial charge in [-0.3, -0.25) is 4.79 Å². The minimum Gasteiger partial charge on any atom is -0.493 e. The summed E-state index contributed by atoms with van der Waals surface area (Å²) in [7, 11) is 0.883. The van der Waals surface area contributed by atoms with Gasteiger partial charge in [-0.2, -0.15) is 0 Å². The average Bonchev–Trinajstić information content (AvgIpc) is 2.67. The van der Waals surface area contributed by atoms with Gasteiger partial charge in [0.2, 0.25) is 10.0 Å². The first-order chi connectivity index (χ1) is 13.6. The van der Waals surface area contributed by atoms with E-state index in [0.29, 0.717) is 27.6 Å². The summed E-state index contributed by atoms with van der Waals surface area (Å²) in [6, 6.07) is 9.19. The molecule has 0 spiro atoms. The zero-order valence-electron chi connectivity index (χ0n) is 17.0. The number of halogens is 1. The van der Waals surface area contributed by atoms with Crippen molar-refractivity contribution < 1.29 is 22.7 Å². The second-order valence-corrected chi connectivity index (χ2v) is 9.27. The van der Waals surface area contributed by atoms with Crippen molar-refractivity contribution in [2.24, 2.45) is 0 Å². The van der Waals surface area contributed by atoms with E-state index in [4.69, 9.17) is 21.1 Å². The molecular weight excluding hydrogens is 414 g/mol. The summed E-state index contributed by atoms with van der Waals surface area (Å²) in [5, 5.41) is 0.378. The lowest BCUT2D eigenvalue weighted by Gasteiger charge is -2.15. The highest BCUT2D eigenvalue weighted by atomic mass is 35.5. The van der Waals surface area contributed by atoms with E-state index >= 15 is 0 Å². The van der Waals surface area contributed by atoms with E-state index in [2.05, 4.69) is 0 Å². The van der Waals surface area contributed by atoms with Crippen LogP contribution in [0.25, 0.3) is 6.08 Å². The first kappa shape index (κ1) is 22.9. The molecule has 156 valence electrons. The summed E-state index contributed by atoms with van der Waals surface area (Å²) in [5.41, 5.74) is 1.04. The van der Waals surface area contributed by atoms with Crippen LogP contribution < -0.4 is 9.47 Å². The lowest BCUT2D eigenvalue weighted by atomic mass is 10.1. The quantitative estimate of drug-likeness (QED) is 0.455. The number of ether oxygens (including phenoxy) is 2. The van der Waals surface area contributed by atoms with E-state index in [1.54, 1.807) is 18.2 Å². The number of sulfonamides is 1. The smallest absolute Gasteiger partial charge is 0.242 e. The molecule has 0 fully saturated rings. The fourth-order valence-electron chi connectivity index (χ4n) is 2.46. The van der Waals surface area contributed by atoms with Crippen LogP contribution in [-0.4, -0.2) is 45.8 Å². The zero-order chi connectivity index (χ0) is 21.8. The fourth-order valence-corrected chi connectivity index (χ4v) is 3.62. The Bertz CT molecular complexity index is 1010. The van der Waals surface area contributed by atoms with Gasteiger partial charge in [-0.15, -0.1) is 0 Å². The maximum absolute atomic E-state index is 12.4. The first-order valence-corrected chi connectivity index (χ1v) is 10.7. The number of methoxy groups -OCH3 is 1. The van der Waals surface area contributed by atoms with Crippen LogP contribution in [-0.2, 0) is 10.0 Å².